The van der Waals surface area contributed by atoms with Crippen molar-refractivity contribution in [2.75, 3.05) is 0 Å². The van der Waals surface area contributed by atoms with Crippen LogP contribution in [0.25, 0.3) is 27.4 Å². The fourth-order valence-electron chi connectivity index (χ4n) is 3.69. The number of hydrogen-bond donors (Lipinski definition) is 0. The van der Waals surface area contributed by atoms with Crippen LogP contribution in [0.3, 0.4) is 0 Å². The molecule has 0 unspecified atom stereocenters. The maximum absolute atomic E-state index is 14.9. The van der Waals surface area contributed by atoms with Gasteiger partial charge >= 0.3 is 0 Å². The largest absolute Gasteiger partial charge is 0.257 e. The molecule has 0 aliphatic heterocycles. The number of nitrogens with zero attached hydrogens (tertiary/aromatic N) is 4. The van der Waals surface area contributed by atoms with Crippen molar-refractivity contribution in [3.63, 3.8) is 0 Å². The Kier molecular flexibility index (Phi) is 6.30. The molecular formula is C27H16ClF3N4. The monoisotopic (exact) mass is 488 g/mol. The molecule has 0 atom stereocenters. The van der Waals surface area contributed by atoms with Crippen molar-refractivity contribution < 1.29 is 13.2 Å². The Bertz CT molecular complexity index is 1440. The summed E-state index contributed by atoms with van der Waals surface area (Å²) >= 11 is 5.92. The molecule has 0 spiro atoms. The highest BCUT2D eigenvalue weighted by atomic mass is 35.5. The lowest BCUT2D eigenvalue weighted by atomic mass is 9.84. The molecule has 0 bridgehead atoms. The van der Waals surface area contributed by atoms with E-state index >= 15 is 0 Å². The molecule has 2 heterocycles. The molecule has 8 heteroatoms. The average Bonchev–Trinajstić information content (AvgIpc) is 2.85. The smallest absolute Gasteiger partial charge is 0.252 e. The van der Waals surface area contributed by atoms with E-state index < -0.39 is 28.6 Å². The molecule has 2 aromatic heterocycles. The van der Waals surface area contributed by atoms with Gasteiger partial charge in [-0.3, -0.25) is 9.97 Å². The van der Waals surface area contributed by atoms with E-state index in [1.807, 2.05) is 13.8 Å². The first kappa shape index (κ1) is 23.9. The molecule has 0 aliphatic rings. The highest BCUT2D eigenvalue weighted by molar-refractivity contribution is 6.31. The van der Waals surface area contributed by atoms with E-state index in [0.717, 1.165) is 6.07 Å². The van der Waals surface area contributed by atoms with Gasteiger partial charge in [0.25, 0.3) is 5.69 Å². The average molecular weight is 489 g/mol. The van der Waals surface area contributed by atoms with Gasteiger partial charge in [-0.15, -0.1) is 0 Å². The molecule has 0 amide bonds. The van der Waals surface area contributed by atoms with Gasteiger partial charge < -0.3 is 0 Å². The molecule has 172 valence electrons. The van der Waals surface area contributed by atoms with Crippen LogP contribution in [0.15, 0.2) is 60.7 Å². The molecule has 0 fully saturated rings. The van der Waals surface area contributed by atoms with E-state index in [0.29, 0.717) is 17.1 Å². The highest BCUT2D eigenvalue weighted by Gasteiger charge is 2.28. The van der Waals surface area contributed by atoms with Crippen LogP contribution in [0.1, 0.15) is 30.8 Å². The summed E-state index contributed by atoms with van der Waals surface area (Å²) in [4.78, 5) is 12.1. The minimum absolute atomic E-state index is 0.00373. The molecule has 0 N–H and O–H groups in total. The summed E-state index contributed by atoms with van der Waals surface area (Å²) < 4.78 is 43.4. The zero-order chi connectivity index (χ0) is 25.3. The normalized spacial score (nSPS) is 11.1. The Balaban J connectivity index is 1.79. The topological polar surface area (TPSA) is 53.9 Å². The third-order valence-electron chi connectivity index (χ3n) is 5.71. The molecule has 4 nitrogen and oxygen atoms in total. The van der Waals surface area contributed by atoms with E-state index in [1.165, 1.54) is 18.2 Å². The van der Waals surface area contributed by atoms with Gasteiger partial charge in [-0.05, 0) is 62.4 Å². The van der Waals surface area contributed by atoms with Gasteiger partial charge in [0.05, 0.1) is 34.4 Å². The van der Waals surface area contributed by atoms with E-state index in [9.17, 15) is 18.4 Å². The van der Waals surface area contributed by atoms with Crippen LogP contribution >= 0.6 is 11.6 Å². The molecule has 35 heavy (non-hydrogen) atoms. The number of rotatable bonds is 4. The van der Waals surface area contributed by atoms with Gasteiger partial charge in [0.15, 0.2) is 5.82 Å². The lowest BCUT2D eigenvalue weighted by Crippen LogP contribution is -2.22. The van der Waals surface area contributed by atoms with Crippen LogP contribution in [0.5, 0.6) is 0 Å². The Morgan fingerprint density at radius 2 is 1.40 bits per heavy atom. The van der Waals surface area contributed by atoms with Crippen LogP contribution in [0.4, 0.5) is 18.9 Å². The van der Waals surface area contributed by atoms with Crippen LogP contribution in [0.2, 0.25) is 5.02 Å². The first-order valence-electron chi connectivity index (χ1n) is 10.4. The molecular weight excluding hydrogens is 473 g/mol. The summed E-state index contributed by atoms with van der Waals surface area (Å²) in [6.07, 6.45) is 0. The number of pyridine rings is 2. The third-order valence-corrected chi connectivity index (χ3v) is 6.03. The summed E-state index contributed by atoms with van der Waals surface area (Å²) in [6, 6.07) is 17.0. The molecule has 0 saturated heterocycles. The SMILES string of the molecule is [C-]#[N+]c1c(F)ccc(-c2cccc(C(C)(C)c3cccc(-c4ccc(Cl)c(C#N)c4F)n3)n2)c1F. The summed E-state index contributed by atoms with van der Waals surface area (Å²) in [5.74, 6) is -2.67. The van der Waals surface area contributed by atoms with Gasteiger partial charge in [0.1, 0.15) is 23.3 Å². The minimum Gasteiger partial charge on any atom is -0.252 e. The van der Waals surface area contributed by atoms with Crippen molar-refractivity contribution in [3.05, 3.63) is 112 Å². The second-order valence-corrected chi connectivity index (χ2v) is 8.61. The lowest BCUT2D eigenvalue weighted by Gasteiger charge is -2.25. The summed E-state index contributed by atoms with van der Waals surface area (Å²) in [6.45, 7) is 10.8. The van der Waals surface area contributed by atoms with Crippen molar-refractivity contribution >= 4 is 17.3 Å². The quantitative estimate of drug-likeness (QED) is 0.277. The van der Waals surface area contributed by atoms with Crippen LogP contribution in [-0.4, -0.2) is 9.97 Å². The van der Waals surface area contributed by atoms with Gasteiger partial charge in [-0.25, -0.2) is 18.0 Å². The molecule has 4 rings (SSSR count). The zero-order valence-corrected chi connectivity index (χ0v) is 19.3. The third kappa shape index (κ3) is 4.23. The predicted molar refractivity (Wildman–Crippen MR) is 127 cm³/mol. The standard InChI is InChI=1S/C27H16ClF3N4/c1-27(2,22-8-4-6-20(34-22)15-10-12-18(28)17(14-32)24(15)30)23-9-5-7-21(35-23)16-11-13-19(29)26(33-3)25(16)31/h4-13H,1-2H3. The Morgan fingerprint density at radius 1 is 0.857 bits per heavy atom. The summed E-state index contributed by atoms with van der Waals surface area (Å²) in [5.41, 5.74) is 0.00675. The van der Waals surface area contributed by atoms with E-state index in [4.69, 9.17) is 18.2 Å². The van der Waals surface area contributed by atoms with Crippen molar-refractivity contribution in [2.24, 2.45) is 0 Å². The number of hydrogen-bond acceptors (Lipinski definition) is 3. The van der Waals surface area contributed by atoms with Gasteiger partial charge in [0, 0.05) is 16.5 Å². The fraction of sp³-hybridized carbons (Fsp3) is 0.111. The number of nitriles is 1. The van der Waals surface area contributed by atoms with Crippen molar-refractivity contribution in [1.82, 2.24) is 9.97 Å². The van der Waals surface area contributed by atoms with Crippen molar-refractivity contribution in [3.8, 4) is 28.6 Å². The van der Waals surface area contributed by atoms with Gasteiger partial charge in [0.2, 0.25) is 0 Å². The Morgan fingerprint density at radius 3 is 1.94 bits per heavy atom. The van der Waals surface area contributed by atoms with Crippen molar-refractivity contribution in [2.45, 2.75) is 19.3 Å². The minimum atomic E-state index is -0.978. The molecule has 0 saturated carbocycles. The maximum Gasteiger partial charge on any atom is 0.257 e. The number of benzene rings is 2. The van der Waals surface area contributed by atoms with E-state index in [1.54, 1.807) is 42.5 Å². The van der Waals surface area contributed by atoms with Crippen LogP contribution in [0, 0.1) is 35.4 Å². The second kappa shape index (κ2) is 9.21. The van der Waals surface area contributed by atoms with E-state index in [-0.39, 0.29) is 27.4 Å². The van der Waals surface area contributed by atoms with Gasteiger partial charge in [-0.1, -0.05) is 23.7 Å². The molecule has 0 aliphatic carbocycles. The molecule has 0 radical (unpaired) electrons. The Hall–Kier alpha value is -4.20. The van der Waals surface area contributed by atoms with Crippen molar-refractivity contribution in [1.29, 1.82) is 5.26 Å². The van der Waals surface area contributed by atoms with Gasteiger partial charge in [-0.2, -0.15) is 5.26 Å². The second-order valence-electron chi connectivity index (χ2n) is 8.21. The fourth-order valence-corrected chi connectivity index (χ4v) is 3.88. The molecule has 2 aromatic carbocycles. The zero-order valence-electron chi connectivity index (χ0n) is 18.6. The first-order valence-corrected chi connectivity index (χ1v) is 10.8. The van der Waals surface area contributed by atoms with Crippen LogP contribution in [-0.2, 0) is 5.41 Å². The highest BCUT2D eigenvalue weighted by Crippen LogP contribution is 2.35. The lowest BCUT2D eigenvalue weighted by molar-refractivity contribution is 0.590. The Labute approximate surface area is 205 Å². The number of halogens is 4. The number of aromatic nitrogens is 2. The van der Waals surface area contributed by atoms with E-state index in [2.05, 4.69) is 14.8 Å². The predicted octanol–water partition coefficient (Wildman–Crippen LogP) is 7.63. The summed E-state index contributed by atoms with van der Waals surface area (Å²) in [5, 5.41) is 9.24. The van der Waals surface area contributed by atoms with Crippen LogP contribution < -0.4 is 0 Å². The maximum atomic E-state index is 14.9. The molecule has 4 aromatic rings. The first-order chi connectivity index (χ1) is 16.7. The summed E-state index contributed by atoms with van der Waals surface area (Å²) in [7, 11) is 0.